The van der Waals surface area contributed by atoms with E-state index in [9.17, 15) is 9.50 Å². The van der Waals surface area contributed by atoms with Crippen LogP contribution in [0.1, 0.15) is 11.7 Å². The Labute approximate surface area is 87.0 Å². The zero-order valence-electron chi connectivity index (χ0n) is 8.20. The fraction of sp³-hybridized carbons (Fsp3) is 0.182. The van der Waals surface area contributed by atoms with E-state index in [1.807, 2.05) is 0 Å². The first kappa shape index (κ1) is 11.2. The number of nitriles is 1. The number of aliphatic hydroxyl groups is 1. The van der Waals surface area contributed by atoms with Crippen molar-refractivity contribution in [2.45, 2.75) is 6.10 Å². The summed E-state index contributed by atoms with van der Waals surface area (Å²) in [6.07, 6.45) is -1.17. The highest BCUT2D eigenvalue weighted by molar-refractivity contribution is 5.36. The van der Waals surface area contributed by atoms with Gasteiger partial charge in [0.2, 0.25) is 0 Å². The van der Waals surface area contributed by atoms with Crippen molar-refractivity contribution in [3.05, 3.63) is 41.7 Å². The maximum absolute atomic E-state index is 13.2. The minimum Gasteiger partial charge on any atom is -0.494 e. The van der Waals surface area contributed by atoms with Crippen LogP contribution in [-0.2, 0) is 0 Å². The number of methoxy groups -OCH3 is 1. The molecule has 0 radical (unpaired) electrons. The van der Waals surface area contributed by atoms with Gasteiger partial charge in [-0.3, -0.25) is 0 Å². The zero-order valence-corrected chi connectivity index (χ0v) is 8.20. The Kier molecular flexibility index (Phi) is 3.42. The van der Waals surface area contributed by atoms with Gasteiger partial charge in [-0.05, 0) is 17.7 Å². The summed E-state index contributed by atoms with van der Waals surface area (Å²) in [4.78, 5) is 0. The van der Waals surface area contributed by atoms with Crippen molar-refractivity contribution < 1.29 is 14.2 Å². The molecular formula is C11H10FNO2. The summed E-state index contributed by atoms with van der Waals surface area (Å²) in [5.41, 5.74) is 0.249. The Morgan fingerprint density at radius 1 is 1.67 bits per heavy atom. The molecule has 0 aliphatic rings. The number of hydrogen-bond donors (Lipinski definition) is 1. The topological polar surface area (TPSA) is 53.2 Å². The first-order chi connectivity index (χ1) is 7.10. The molecule has 0 aliphatic heterocycles. The minimum absolute atomic E-state index is 0.0282. The summed E-state index contributed by atoms with van der Waals surface area (Å²) < 4.78 is 18.0. The lowest BCUT2D eigenvalue weighted by molar-refractivity contribution is 0.220. The van der Waals surface area contributed by atoms with E-state index in [1.54, 1.807) is 6.07 Å². The van der Waals surface area contributed by atoms with E-state index >= 15 is 0 Å². The van der Waals surface area contributed by atoms with E-state index in [4.69, 9.17) is 10.00 Å². The highest BCUT2D eigenvalue weighted by Crippen LogP contribution is 2.24. The van der Waals surface area contributed by atoms with Gasteiger partial charge in [-0.2, -0.15) is 5.26 Å². The molecule has 0 spiro atoms. The molecule has 15 heavy (non-hydrogen) atoms. The van der Waals surface area contributed by atoms with Crippen molar-refractivity contribution in [2.24, 2.45) is 0 Å². The van der Waals surface area contributed by atoms with Gasteiger partial charge < -0.3 is 9.84 Å². The summed E-state index contributed by atoms with van der Waals surface area (Å²) in [6.45, 7) is 3.36. The third-order valence-corrected chi connectivity index (χ3v) is 1.97. The van der Waals surface area contributed by atoms with Gasteiger partial charge in [0.15, 0.2) is 11.6 Å². The SMILES string of the molecule is C=C(C#N)C(O)c1ccc(OC)c(F)c1. The van der Waals surface area contributed by atoms with Crippen LogP contribution >= 0.6 is 0 Å². The quantitative estimate of drug-likeness (QED) is 0.770. The third kappa shape index (κ3) is 2.33. The van der Waals surface area contributed by atoms with Crippen LogP contribution in [0.5, 0.6) is 5.75 Å². The van der Waals surface area contributed by atoms with Crippen LogP contribution in [0.4, 0.5) is 4.39 Å². The van der Waals surface area contributed by atoms with Crippen LogP contribution in [0, 0.1) is 17.1 Å². The lowest BCUT2D eigenvalue weighted by Crippen LogP contribution is -2.00. The highest BCUT2D eigenvalue weighted by Gasteiger charge is 2.13. The number of aliphatic hydroxyl groups excluding tert-OH is 1. The minimum atomic E-state index is -1.17. The molecule has 0 heterocycles. The van der Waals surface area contributed by atoms with Crippen molar-refractivity contribution in [3.63, 3.8) is 0 Å². The standard InChI is InChI=1S/C11H10FNO2/c1-7(6-13)11(14)8-3-4-10(15-2)9(12)5-8/h3-5,11,14H,1H2,2H3. The van der Waals surface area contributed by atoms with Gasteiger partial charge in [0, 0.05) is 0 Å². The molecule has 78 valence electrons. The van der Waals surface area contributed by atoms with E-state index in [-0.39, 0.29) is 16.9 Å². The fourth-order valence-electron chi connectivity index (χ4n) is 1.12. The summed E-state index contributed by atoms with van der Waals surface area (Å²) in [5, 5.41) is 18.1. The van der Waals surface area contributed by atoms with Crippen molar-refractivity contribution in [1.82, 2.24) is 0 Å². The van der Waals surface area contributed by atoms with Gasteiger partial charge in [-0.1, -0.05) is 12.6 Å². The molecule has 3 nitrogen and oxygen atoms in total. The van der Waals surface area contributed by atoms with Crippen LogP contribution < -0.4 is 4.74 Å². The number of rotatable bonds is 3. The normalized spacial score (nSPS) is 11.6. The van der Waals surface area contributed by atoms with E-state index in [0.717, 1.165) is 6.07 Å². The second-order valence-electron chi connectivity index (χ2n) is 2.93. The first-order valence-electron chi connectivity index (χ1n) is 4.20. The Bertz CT molecular complexity index is 423. The molecule has 4 heteroatoms. The second-order valence-corrected chi connectivity index (χ2v) is 2.93. The predicted octanol–water partition coefficient (Wildman–Crippen LogP) is 1.95. The van der Waals surface area contributed by atoms with Gasteiger partial charge in [0.25, 0.3) is 0 Å². The molecule has 0 aromatic heterocycles. The van der Waals surface area contributed by atoms with E-state index < -0.39 is 11.9 Å². The lowest BCUT2D eigenvalue weighted by atomic mass is 10.0. The summed E-state index contributed by atoms with van der Waals surface area (Å²) in [7, 11) is 1.35. The molecule has 1 N–H and O–H groups in total. The molecule has 0 bridgehead atoms. The van der Waals surface area contributed by atoms with Gasteiger partial charge in [-0.25, -0.2) is 4.39 Å². The number of ether oxygens (including phenoxy) is 1. The molecule has 0 aliphatic carbocycles. The second kappa shape index (κ2) is 4.58. The molecule has 1 unspecified atom stereocenters. The maximum Gasteiger partial charge on any atom is 0.165 e. The zero-order chi connectivity index (χ0) is 11.4. The van der Waals surface area contributed by atoms with Crippen LogP contribution in [0.25, 0.3) is 0 Å². The molecule has 0 saturated heterocycles. The number of benzene rings is 1. The van der Waals surface area contributed by atoms with Crippen LogP contribution in [0.3, 0.4) is 0 Å². The summed E-state index contributed by atoms with van der Waals surface area (Å²) in [5.74, 6) is -0.492. The molecule has 0 fully saturated rings. The largest absolute Gasteiger partial charge is 0.494 e. The number of halogens is 1. The number of nitrogens with zero attached hydrogens (tertiary/aromatic N) is 1. The molecule has 0 saturated carbocycles. The van der Waals surface area contributed by atoms with Gasteiger partial charge >= 0.3 is 0 Å². The Balaban J connectivity index is 3.03. The number of hydrogen-bond acceptors (Lipinski definition) is 3. The van der Waals surface area contributed by atoms with Crippen molar-refractivity contribution in [2.75, 3.05) is 7.11 Å². The van der Waals surface area contributed by atoms with Gasteiger partial charge in [-0.15, -0.1) is 0 Å². The summed E-state index contributed by atoms with van der Waals surface area (Å²) in [6, 6.07) is 5.70. The Morgan fingerprint density at radius 2 is 2.33 bits per heavy atom. The maximum atomic E-state index is 13.2. The highest BCUT2D eigenvalue weighted by atomic mass is 19.1. The van der Waals surface area contributed by atoms with Gasteiger partial charge in [0.05, 0.1) is 18.8 Å². The van der Waals surface area contributed by atoms with Crippen molar-refractivity contribution in [3.8, 4) is 11.8 Å². The predicted molar refractivity (Wildman–Crippen MR) is 52.7 cm³/mol. The first-order valence-corrected chi connectivity index (χ1v) is 4.20. The van der Waals surface area contributed by atoms with Crippen LogP contribution in [0.2, 0.25) is 0 Å². The van der Waals surface area contributed by atoms with E-state index in [1.165, 1.54) is 19.2 Å². The Morgan fingerprint density at radius 3 is 2.80 bits per heavy atom. The monoisotopic (exact) mass is 207 g/mol. The smallest absolute Gasteiger partial charge is 0.165 e. The Hall–Kier alpha value is -1.86. The fourth-order valence-corrected chi connectivity index (χ4v) is 1.12. The molecular weight excluding hydrogens is 197 g/mol. The van der Waals surface area contributed by atoms with Crippen molar-refractivity contribution in [1.29, 1.82) is 5.26 Å². The van der Waals surface area contributed by atoms with Gasteiger partial charge in [0.1, 0.15) is 6.10 Å². The molecule has 1 aromatic rings. The molecule has 0 amide bonds. The average Bonchev–Trinajstić information content (AvgIpc) is 2.26. The molecule has 1 rings (SSSR count). The van der Waals surface area contributed by atoms with E-state index in [2.05, 4.69) is 6.58 Å². The third-order valence-electron chi connectivity index (χ3n) is 1.97. The van der Waals surface area contributed by atoms with Crippen LogP contribution in [0.15, 0.2) is 30.4 Å². The lowest BCUT2D eigenvalue weighted by Gasteiger charge is -2.10. The molecule has 1 atom stereocenters. The van der Waals surface area contributed by atoms with Crippen LogP contribution in [-0.4, -0.2) is 12.2 Å². The average molecular weight is 207 g/mol. The van der Waals surface area contributed by atoms with Crippen molar-refractivity contribution >= 4 is 0 Å². The van der Waals surface area contributed by atoms with E-state index in [0.29, 0.717) is 0 Å². The summed E-state index contributed by atoms with van der Waals surface area (Å²) >= 11 is 0. The molecule has 1 aromatic carbocycles.